The van der Waals surface area contributed by atoms with Crippen LogP contribution >= 0.6 is 15.9 Å². The van der Waals surface area contributed by atoms with Crippen LogP contribution in [-0.4, -0.2) is 28.1 Å². The molecule has 24 heavy (non-hydrogen) atoms. The van der Waals surface area contributed by atoms with Crippen molar-refractivity contribution in [1.82, 2.24) is 14.9 Å². The third-order valence-corrected chi connectivity index (χ3v) is 4.24. The molecule has 0 bridgehead atoms. The summed E-state index contributed by atoms with van der Waals surface area (Å²) in [5, 5.41) is 10.7. The molecule has 7 heteroatoms. The molecule has 2 N–H and O–H groups in total. The number of rotatable bonds is 7. The molecule has 0 fully saturated rings. The molecule has 0 aliphatic rings. The van der Waals surface area contributed by atoms with Crippen LogP contribution in [0.15, 0.2) is 40.8 Å². The molecular weight excluding hydrogens is 375 g/mol. The summed E-state index contributed by atoms with van der Waals surface area (Å²) in [5.41, 5.74) is 1.58. The molecule has 0 amide bonds. The molecule has 2 rings (SSSR count). The zero-order valence-corrected chi connectivity index (χ0v) is 15.0. The molecule has 0 aliphatic carbocycles. The second kappa shape index (κ2) is 8.01. The minimum absolute atomic E-state index is 0.221. The molecule has 0 atom stereocenters. The number of allylic oxidation sites excluding steroid dienone is 1. The van der Waals surface area contributed by atoms with Gasteiger partial charge in [0.1, 0.15) is 11.6 Å². The van der Waals surface area contributed by atoms with Crippen LogP contribution in [0.25, 0.3) is 5.69 Å². The van der Waals surface area contributed by atoms with Gasteiger partial charge in [-0.15, -0.1) is 0 Å². The molecule has 0 unspecified atom stereocenters. The highest BCUT2D eigenvalue weighted by Gasteiger charge is 2.15. The van der Waals surface area contributed by atoms with Gasteiger partial charge in [-0.05, 0) is 48.0 Å². The zero-order chi connectivity index (χ0) is 17.7. The fourth-order valence-electron chi connectivity index (χ4n) is 2.32. The van der Waals surface area contributed by atoms with E-state index in [1.165, 1.54) is 25.3 Å². The summed E-state index contributed by atoms with van der Waals surface area (Å²) in [6.45, 7) is 4.08. The van der Waals surface area contributed by atoms with Gasteiger partial charge in [-0.3, -0.25) is 4.79 Å². The maximum absolute atomic E-state index is 13.5. The Morgan fingerprint density at radius 1 is 1.50 bits per heavy atom. The minimum Gasteiger partial charge on any atom is -0.379 e. The van der Waals surface area contributed by atoms with Crippen molar-refractivity contribution in [3.05, 3.63) is 58.0 Å². The molecule has 0 saturated heterocycles. The third-order valence-electron chi connectivity index (χ3n) is 3.45. The molecule has 1 aromatic carbocycles. The minimum atomic E-state index is -0.458. The number of halogens is 2. The second-order valence-electron chi connectivity index (χ2n) is 5.12. The number of hydrogen-bond donors (Lipinski definition) is 2. The van der Waals surface area contributed by atoms with E-state index in [4.69, 9.17) is 5.41 Å². The van der Waals surface area contributed by atoms with Crippen molar-refractivity contribution in [1.29, 1.82) is 5.41 Å². The number of nitrogens with one attached hydrogen (secondary N) is 2. The summed E-state index contributed by atoms with van der Waals surface area (Å²) in [6, 6.07) is 4.10. The zero-order valence-electron chi connectivity index (χ0n) is 13.4. The van der Waals surface area contributed by atoms with Gasteiger partial charge in [0, 0.05) is 42.7 Å². The van der Waals surface area contributed by atoms with Crippen molar-refractivity contribution in [3.8, 4) is 5.69 Å². The molecule has 0 radical (unpaired) electrons. The first kappa shape index (κ1) is 18.1. The smallest absolute Gasteiger partial charge is 0.162 e. The first-order chi connectivity index (χ1) is 11.5. The fraction of sp³-hybridized carbons (Fsp3) is 0.235. The Kier molecular flexibility index (Phi) is 6.03. The number of benzene rings is 1. The molecule has 0 aliphatic heterocycles. The molecular formula is C17H18BrFN4O. The molecule has 1 heterocycles. The average Bonchev–Trinajstić information content (AvgIpc) is 3.00. The number of hydrogen-bond acceptors (Lipinski definition) is 4. The summed E-state index contributed by atoms with van der Waals surface area (Å²) in [4.78, 5) is 16.2. The van der Waals surface area contributed by atoms with Crippen LogP contribution < -0.4 is 5.32 Å². The molecule has 5 nitrogen and oxygen atoms in total. The molecule has 0 saturated carbocycles. The van der Waals surface area contributed by atoms with Crippen LogP contribution in [0.1, 0.15) is 30.0 Å². The lowest BCUT2D eigenvalue weighted by atomic mass is 10.1. The van der Waals surface area contributed by atoms with E-state index in [0.717, 1.165) is 16.7 Å². The van der Waals surface area contributed by atoms with E-state index in [0.29, 0.717) is 23.5 Å². The molecule has 126 valence electrons. The highest BCUT2D eigenvalue weighted by atomic mass is 79.9. The maximum atomic E-state index is 13.5. The van der Waals surface area contributed by atoms with Gasteiger partial charge in [-0.25, -0.2) is 9.37 Å². The first-order valence-corrected chi connectivity index (χ1v) is 8.23. The topological polar surface area (TPSA) is 70.8 Å². The van der Waals surface area contributed by atoms with E-state index < -0.39 is 5.82 Å². The van der Waals surface area contributed by atoms with Gasteiger partial charge in [-0.1, -0.05) is 0 Å². The van der Waals surface area contributed by atoms with Crippen molar-refractivity contribution < 1.29 is 9.18 Å². The molecule has 2 aromatic rings. The van der Waals surface area contributed by atoms with Gasteiger partial charge in [-0.2, -0.15) is 0 Å². The Hall–Kier alpha value is -2.28. The number of carbonyl (C=O) groups excluding carboxylic acids is 1. The summed E-state index contributed by atoms with van der Waals surface area (Å²) in [5.74, 6) is -0.0288. The Bertz CT molecular complexity index is 798. The van der Waals surface area contributed by atoms with Crippen molar-refractivity contribution in [3.63, 3.8) is 0 Å². The summed E-state index contributed by atoms with van der Waals surface area (Å²) < 4.78 is 15.9. The first-order valence-electron chi connectivity index (χ1n) is 7.44. The Balaban J connectivity index is 2.47. The van der Waals surface area contributed by atoms with E-state index in [1.807, 2.05) is 6.92 Å². The van der Waals surface area contributed by atoms with Gasteiger partial charge in [0.25, 0.3) is 0 Å². The summed E-state index contributed by atoms with van der Waals surface area (Å²) >= 11 is 3.42. The average molecular weight is 393 g/mol. The second-order valence-corrected chi connectivity index (χ2v) is 5.91. The predicted molar refractivity (Wildman–Crippen MR) is 95.6 cm³/mol. The highest BCUT2D eigenvalue weighted by molar-refractivity contribution is 9.11. The van der Waals surface area contributed by atoms with E-state index in [2.05, 4.69) is 26.2 Å². The van der Waals surface area contributed by atoms with Crippen molar-refractivity contribution in [2.75, 3.05) is 6.54 Å². The molecule has 0 spiro atoms. The van der Waals surface area contributed by atoms with Crippen LogP contribution in [0.2, 0.25) is 0 Å². The van der Waals surface area contributed by atoms with Crippen molar-refractivity contribution in [2.24, 2.45) is 0 Å². The van der Waals surface area contributed by atoms with Crippen molar-refractivity contribution in [2.45, 2.75) is 20.3 Å². The van der Waals surface area contributed by atoms with Crippen molar-refractivity contribution >= 4 is 27.9 Å². The van der Waals surface area contributed by atoms with Crippen LogP contribution in [0.4, 0.5) is 4.39 Å². The normalized spacial score (nSPS) is 11.8. The monoisotopic (exact) mass is 392 g/mol. The number of aromatic nitrogens is 2. The predicted octanol–water partition coefficient (Wildman–Crippen LogP) is 3.62. The largest absolute Gasteiger partial charge is 0.379 e. The number of ketones is 1. The number of imidazole rings is 1. The SMILES string of the molecule is CCN/C(Br)=C(\C=N)Cc1nccn1-c1ccc(F)cc1C(C)=O. The van der Waals surface area contributed by atoms with Gasteiger partial charge < -0.3 is 15.3 Å². The summed E-state index contributed by atoms with van der Waals surface area (Å²) in [6.07, 6.45) is 4.98. The lowest BCUT2D eigenvalue weighted by molar-refractivity contribution is 0.101. The third kappa shape index (κ3) is 3.97. The quantitative estimate of drug-likeness (QED) is 0.429. The van der Waals surface area contributed by atoms with Crippen LogP contribution in [0.3, 0.4) is 0 Å². The van der Waals surface area contributed by atoms with E-state index in [9.17, 15) is 9.18 Å². The standard InChI is InChI=1S/C17H18BrFN4O/c1-3-21-17(18)12(10-20)8-16-22-6-7-23(16)15-5-4-13(19)9-14(15)11(2)24/h4-7,9-10,20-21H,3,8H2,1-2H3/b17-12-,20-10?. The lowest BCUT2D eigenvalue weighted by Crippen LogP contribution is -2.13. The maximum Gasteiger partial charge on any atom is 0.162 e. The van der Waals surface area contributed by atoms with Crippen LogP contribution in [-0.2, 0) is 6.42 Å². The number of Topliss-reactive ketones (excluding diaryl/α,β-unsaturated/α-hetero) is 1. The fourth-order valence-corrected chi connectivity index (χ4v) is 2.85. The van der Waals surface area contributed by atoms with E-state index >= 15 is 0 Å². The molecule has 1 aromatic heterocycles. The van der Waals surface area contributed by atoms with E-state index in [1.54, 1.807) is 23.0 Å². The Labute approximate surface area is 148 Å². The van der Waals surface area contributed by atoms with Gasteiger partial charge in [0.2, 0.25) is 0 Å². The van der Waals surface area contributed by atoms with Crippen LogP contribution in [0.5, 0.6) is 0 Å². The number of carbonyl (C=O) groups is 1. The van der Waals surface area contributed by atoms with Crippen LogP contribution in [0, 0.1) is 11.2 Å². The lowest BCUT2D eigenvalue weighted by Gasteiger charge is -2.13. The highest BCUT2D eigenvalue weighted by Crippen LogP contribution is 2.21. The van der Waals surface area contributed by atoms with Gasteiger partial charge >= 0.3 is 0 Å². The van der Waals surface area contributed by atoms with Gasteiger partial charge in [0.05, 0.1) is 10.3 Å². The van der Waals surface area contributed by atoms with E-state index in [-0.39, 0.29) is 5.78 Å². The Morgan fingerprint density at radius 3 is 2.88 bits per heavy atom. The summed E-state index contributed by atoms with van der Waals surface area (Å²) in [7, 11) is 0. The van der Waals surface area contributed by atoms with Gasteiger partial charge in [0.15, 0.2) is 5.78 Å². The Morgan fingerprint density at radius 2 is 2.25 bits per heavy atom. The number of nitrogens with zero attached hydrogens (tertiary/aromatic N) is 2.